The van der Waals surface area contributed by atoms with E-state index in [0.29, 0.717) is 25.1 Å². The number of rotatable bonds is 7. The van der Waals surface area contributed by atoms with E-state index in [1.165, 1.54) is 7.11 Å². The molecule has 6 heteroatoms. The van der Waals surface area contributed by atoms with Crippen LogP contribution in [0, 0.1) is 0 Å². The third-order valence-corrected chi connectivity index (χ3v) is 4.19. The van der Waals surface area contributed by atoms with Crippen LogP contribution in [0.1, 0.15) is 48.5 Å². The van der Waals surface area contributed by atoms with E-state index >= 15 is 0 Å². The number of methoxy groups -OCH3 is 1. The summed E-state index contributed by atoms with van der Waals surface area (Å²) in [6.45, 7) is 2.81. The molecular weight excluding hydrogens is 308 g/mol. The first-order valence-corrected chi connectivity index (χ1v) is 8.29. The van der Waals surface area contributed by atoms with Crippen molar-refractivity contribution in [3.8, 4) is 0 Å². The monoisotopic (exact) mass is 332 g/mol. The summed E-state index contributed by atoms with van der Waals surface area (Å²) in [6.07, 6.45) is 3.66. The molecule has 1 aliphatic heterocycles. The molecule has 0 fully saturated rings. The molecule has 6 nitrogen and oxygen atoms in total. The lowest BCUT2D eigenvalue weighted by Gasteiger charge is -2.14. The zero-order valence-electron chi connectivity index (χ0n) is 14.3. The van der Waals surface area contributed by atoms with E-state index in [1.54, 1.807) is 17.9 Å². The number of esters is 1. The van der Waals surface area contributed by atoms with Gasteiger partial charge in [-0.2, -0.15) is 0 Å². The SMILES string of the molecule is COC(=O)CCCCCNC(=O)c1ccc2c(c1)CCN2C(C)=O. The lowest BCUT2D eigenvalue weighted by atomic mass is 10.1. The number of anilines is 1. The lowest BCUT2D eigenvalue weighted by molar-refractivity contribution is -0.140. The summed E-state index contributed by atoms with van der Waals surface area (Å²) in [5.41, 5.74) is 2.56. The number of nitrogens with zero attached hydrogens (tertiary/aromatic N) is 1. The van der Waals surface area contributed by atoms with Crippen LogP contribution in [0.25, 0.3) is 0 Å². The van der Waals surface area contributed by atoms with Gasteiger partial charge in [0.15, 0.2) is 0 Å². The van der Waals surface area contributed by atoms with Gasteiger partial charge in [-0.15, -0.1) is 0 Å². The Balaban J connectivity index is 1.78. The van der Waals surface area contributed by atoms with Gasteiger partial charge in [0.2, 0.25) is 5.91 Å². The highest BCUT2D eigenvalue weighted by Gasteiger charge is 2.22. The highest BCUT2D eigenvalue weighted by Crippen LogP contribution is 2.28. The van der Waals surface area contributed by atoms with E-state index in [4.69, 9.17) is 0 Å². The maximum atomic E-state index is 12.2. The van der Waals surface area contributed by atoms with Crippen LogP contribution in [0.15, 0.2) is 18.2 Å². The van der Waals surface area contributed by atoms with Crippen molar-refractivity contribution in [2.24, 2.45) is 0 Å². The predicted octanol–water partition coefficient (Wildman–Crippen LogP) is 2.06. The van der Waals surface area contributed by atoms with Gasteiger partial charge >= 0.3 is 5.97 Å². The van der Waals surface area contributed by atoms with Crippen LogP contribution in [0.2, 0.25) is 0 Å². The Kier molecular flexibility index (Phi) is 6.35. The van der Waals surface area contributed by atoms with Gasteiger partial charge in [-0.3, -0.25) is 14.4 Å². The van der Waals surface area contributed by atoms with Crippen molar-refractivity contribution >= 4 is 23.5 Å². The zero-order chi connectivity index (χ0) is 17.5. The van der Waals surface area contributed by atoms with E-state index in [1.807, 2.05) is 12.1 Å². The normalized spacial score (nSPS) is 12.7. The molecule has 0 spiro atoms. The number of benzene rings is 1. The maximum absolute atomic E-state index is 12.2. The Morgan fingerprint density at radius 2 is 2.00 bits per heavy atom. The fourth-order valence-corrected chi connectivity index (χ4v) is 2.85. The standard InChI is InChI=1S/C18H24N2O4/c1-13(21)20-11-9-14-12-15(7-8-16(14)20)18(23)19-10-5-3-4-6-17(22)24-2/h7-8,12H,3-6,9-11H2,1-2H3,(H,19,23). The number of carbonyl (C=O) groups excluding carboxylic acids is 3. The Labute approximate surface area is 142 Å². The molecule has 1 aromatic carbocycles. The van der Waals surface area contributed by atoms with Crippen molar-refractivity contribution in [1.82, 2.24) is 5.32 Å². The third-order valence-electron chi connectivity index (χ3n) is 4.19. The Morgan fingerprint density at radius 3 is 2.71 bits per heavy atom. The molecule has 1 heterocycles. The highest BCUT2D eigenvalue weighted by molar-refractivity contribution is 5.97. The molecule has 1 aliphatic rings. The molecule has 0 saturated carbocycles. The summed E-state index contributed by atoms with van der Waals surface area (Å²) in [5.74, 6) is -0.276. The summed E-state index contributed by atoms with van der Waals surface area (Å²) < 4.78 is 4.58. The average molecular weight is 332 g/mol. The van der Waals surface area contributed by atoms with Gasteiger partial charge in [-0.05, 0) is 43.0 Å². The second kappa shape index (κ2) is 8.47. The van der Waals surface area contributed by atoms with Crippen molar-refractivity contribution in [3.05, 3.63) is 29.3 Å². The van der Waals surface area contributed by atoms with E-state index < -0.39 is 0 Å². The van der Waals surface area contributed by atoms with Gasteiger partial charge in [0.25, 0.3) is 5.91 Å². The van der Waals surface area contributed by atoms with Gasteiger partial charge in [-0.1, -0.05) is 6.42 Å². The number of carbonyl (C=O) groups is 3. The largest absolute Gasteiger partial charge is 0.469 e. The summed E-state index contributed by atoms with van der Waals surface area (Å²) in [4.78, 5) is 36.4. The number of hydrogen-bond donors (Lipinski definition) is 1. The van der Waals surface area contributed by atoms with Gasteiger partial charge in [0.05, 0.1) is 7.11 Å². The lowest BCUT2D eigenvalue weighted by Crippen LogP contribution is -2.26. The molecule has 0 radical (unpaired) electrons. The zero-order valence-corrected chi connectivity index (χ0v) is 14.3. The van der Waals surface area contributed by atoms with E-state index in [-0.39, 0.29) is 17.8 Å². The quantitative estimate of drug-likeness (QED) is 0.612. The summed E-state index contributed by atoms with van der Waals surface area (Å²) >= 11 is 0. The minimum absolute atomic E-state index is 0.0258. The van der Waals surface area contributed by atoms with Crippen LogP contribution < -0.4 is 10.2 Å². The number of nitrogens with one attached hydrogen (secondary N) is 1. The summed E-state index contributed by atoms with van der Waals surface area (Å²) in [7, 11) is 1.38. The van der Waals surface area contributed by atoms with Crippen molar-refractivity contribution in [2.45, 2.75) is 39.0 Å². The Hall–Kier alpha value is -2.37. The van der Waals surface area contributed by atoms with Gasteiger partial charge in [0, 0.05) is 37.7 Å². The number of unbranched alkanes of at least 4 members (excludes halogenated alkanes) is 2. The molecule has 2 amide bonds. The molecule has 0 saturated heterocycles. The molecule has 0 unspecified atom stereocenters. The molecule has 0 bridgehead atoms. The van der Waals surface area contributed by atoms with E-state index in [9.17, 15) is 14.4 Å². The predicted molar refractivity (Wildman–Crippen MR) is 91.0 cm³/mol. The highest BCUT2D eigenvalue weighted by atomic mass is 16.5. The van der Waals surface area contributed by atoms with Crippen LogP contribution in [0.3, 0.4) is 0 Å². The molecule has 130 valence electrons. The van der Waals surface area contributed by atoms with Gasteiger partial charge in [-0.25, -0.2) is 0 Å². The molecule has 2 rings (SSSR count). The van der Waals surface area contributed by atoms with E-state index in [2.05, 4.69) is 10.1 Å². The Morgan fingerprint density at radius 1 is 1.21 bits per heavy atom. The van der Waals surface area contributed by atoms with Gasteiger partial charge in [0.1, 0.15) is 0 Å². The second-order valence-corrected chi connectivity index (χ2v) is 5.91. The molecule has 0 aliphatic carbocycles. The number of amides is 2. The first-order valence-electron chi connectivity index (χ1n) is 8.29. The minimum Gasteiger partial charge on any atom is -0.469 e. The smallest absolute Gasteiger partial charge is 0.305 e. The van der Waals surface area contributed by atoms with E-state index in [0.717, 1.165) is 36.9 Å². The van der Waals surface area contributed by atoms with Crippen molar-refractivity contribution in [3.63, 3.8) is 0 Å². The van der Waals surface area contributed by atoms with Crippen molar-refractivity contribution in [1.29, 1.82) is 0 Å². The van der Waals surface area contributed by atoms with Crippen molar-refractivity contribution in [2.75, 3.05) is 25.1 Å². The van der Waals surface area contributed by atoms with Crippen LogP contribution >= 0.6 is 0 Å². The Bertz CT molecular complexity index is 627. The maximum Gasteiger partial charge on any atom is 0.305 e. The molecule has 0 atom stereocenters. The van der Waals surface area contributed by atoms with Crippen LogP contribution in [0.5, 0.6) is 0 Å². The molecular formula is C18H24N2O4. The number of ether oxygens (including phenoxy) is 1. The second-order valence-electron chi connectivity index (χ2n) is 5.91. The van der Waals surface area contributed by atoms with Crippen LogP contribution in [0.4, 0.5) is 5.69 Å². The molecule has 0 aromatic heterocycles. The minimum atomic E-state index is -0.197. The van der Waals surface area contributed by atoms with Crippen LogP contribution in [-0.4, -0.2) is 38.0 Å². The fourth-order valence-electron chi connectivity index (χ4n) is 2.85. The van der Waals surface area contributed by atoms with Crippen molar-refractivity contribution < 1.29 is 19.1 Å². The summed E-state index contributed by atoms with van der Waals surface area (Å²) in [5, 5.41) is 2.89. The number of hydrogen-bond acceptors (Lipinski definition) is 4. The molecule has 24 heavy (non-hydrogen) atoms. The third kappa shape index (κ3) is 4.57. The fraction of sp³-hybridized carbons (Fsp3) is 0.500. The number of fused-ring (bicyclic) bond motifs is 1. The topological polar surface area (TPSA) is 75.7 Å². The first-order chi connectivity index (χ1) is 11.5. The molecule has 1 aromatic rings. The average Bonchev–Trinajstić information content (AvgIpc) is 3.00. The van der Waals surface area contributed by atoms with Crippen LogP contribution in [-0.2, 0) is 20.7 Å². The summed E-state index contributed by atoms with van der Waals surface area (Å²) in [6, 6.07) is 5.46. The first kappa shape index (κ1) is 18.0. The molecule has 1 N–H and O–H groups in total. The van der Waals surface area contributed by atoms with Gasteiger partial charge < -0.3 is 15.0 Å².